The van der Waals surface area contributed by atoms with Crippen molar-refractivity contribution < 1.29 is 8.42 Å². The molecule has 2 aliphatic rings. The first-order chi connectivity index (χ1) is 9.58. The van der Waals surface area contributed by atoms with Crippen molar-refractivity contribution in [1.29, 1.82) is 0 Å². The molecule has 2 aliphatic heterocycles. The largest absolute Gasteiger partial charge is 0.316 e. The quantitative estimate of drug-likeness (QED) is 0.904. The van der Waals surface area contributed by atoms with Crippen molar-refractivity contribution in [2.24, 2.45) is 11.8 Å². The van der Waals surface area contributed by atoms with Crippen molar-refractivity contribution in [1.82, 2.24) is 9.62 Å². The van der Waals surface area contributed by atoms with Crippen LogP contribution in [0.3, 0.4) is 0 Å². The number of nitrogens with one attached hydrogen (secondary N) is 1. The van der Waals surface area contributed by atoms with Crippen LogP contribution < -0.4 is 5.32 Å². The minimum atomic E-state index is -3.14. The van der Waals surface area contributed by atoms with Gasteiger partial charge in [0.05, 0.1) is 5.75 Å². The van der Waals surface area contributed by atoms with Crippen LogP contribution in [0.5, 0.6) is 0 Å². The monoisotopic (exact) mass is 294 g/mol. The molecule has 2 heterocycles. The second kappa shape index (κ2) is 5.47. The van der Waals surface area contributed by atoms with Crippen LogP contribution in [0, 0.1) is 11.8 Å². The summed E-state index contributed by atoms with van der Waals surface area (Å²) in [6.07, 6.45) is 0.597. The van der Waals surface area contributed by atoms with Crippen LogP contribution in [0.15, 0.2) is 30.3 Å². The summed E-state index contributed by atoms with van der Waals surface area (Å²) in [5.74, 6) is 1.20. The van der Waals surface area contributed by atoms with E-state index in [1.54, 1.807) is 4.31 Å². The van der Waals surface area contributed by atoms with E-state index in [0.717, 1.165) is 18.7 Å². The van der Waals surface area contributed by atoms with Crippen LogP contribution in [0.25, 0.3) is 0 Å². The Bertz CT molecular complexity index is 558. The minimum Gasteiger partial charge on any atom is -0.316 e. The van der Waals surface area contributed by atoms with Gasteiger partial charge in [-0.2, -0.15) is 4.31 Å². The number of sulfonamides is 1. The van der Waals surface area contributed by atoms with Gasteiger partial charge in [0.2, 0.25) is 10.0 Å². The fourth-order valence-corrected chi connectivity index (χ4v) is 5.31. The highest BCUT2D eigenvalue weighted by Gasteiger charge is 2.46. The molecule has 5 heteroatoms. The molecule has 2 fully saturated rings. The molecule has 3 unspecified atom stereocenters. The molecule has 0 saturated carbocycles. The van der Waals surface area contributed by atoms with Crippen molar-refractivity contribution in [3.05, 3.63) is 35.9 Å². The number of rotatable bonds is 4. The molecule has 0 aliphatic carbocycles. The molecule has 1 aromatic rings. The van der Waals surface area contributed by atoms with Gasteiger partial charge in [-0.3, -0.25) is 0 Å². The lowest BCUT2D eigenvalue weighted by Crippen LogP contribution is -2.39. The van der Waals surface area contributed by atoms with Crippen LogP contribution in [-0.4, -0.2) is 44.2 Å². The second-order valence-electron chi connectivity index (χ2n) is 5.94. The Balaban J connectivity index is 1.67. The van der Waals surface area contributed by atoms with E-state index in [2.05, 4.69) is 12.2 Å². The van der Waals surface area contributed by atoms with Crippen molar-refractivity contribution in [3.63, 3.8) is 0 Å². The van der Waals surface area contributed by atoms with Crippen LogP contribution >= 0.6 is 0 Å². The van der Waals surface area contributed by atoms with Gasteiger partial charge in [-0.25, -0.2) is 8.42 Å². The first kappa shape index (κ1) is 14.0. The molecule has 0 aromatic heterocycles. The summed E-state index contributed by atoms with van der Waals surface area (Å²) >= 11 is 0. The Kier molecular flexibility index (Phi) is 3.84. The second-order valence-corrected chi connectivity index (χ2v) is 7.99. The first-order valence-electron chi connectivity index (χ1n) is 7.32. The molecule has 1 N–H and O–H groups in total. The highest BCUT2D eigenvalue weighted by molar-refractivity contribution is 7.89. The van der Waals surface area contributed by atoms with Crippen molar-refractivity contribution in [3.8, 4) is 0 Å². The maximum absolute atomic E-state index is 12.6. The highest BCUT2D eigenvalue weighted by Crippen LogP contribution is 2.34. The lowest BCUT2D eigenvalue weighted by atomic mass is 9.95. The third-order valence-corrected chi connectivity index (χ3v) is 6.65. The molecule has 0 radical (unpaired) electrons. The molecule has 0 amide bonds. The van der Waals surface area contributed by atoms with Gasteiger partial charge in [-0.1, -0.05) is 30.3 Å². The van der Waals surface area contributed by atoms with E-state index >= 15 is 0 Å². The zero-order valence-corrected chi connectivity index (χ0v) is 12.6. The zero-order chi connectivity index (χ0) is 14.2. The molecule has 2 saturated heterocycles. The van der Waals surface area contributed by atoms with E-state index in [1.807, 2.05) is 30.3 Å². The summed E-state index contributed by atoms with van der Waals surface area (Å²) in [5.41, 5.74) is 1.09. The van der Waals surface area contributed by atoms with Crippen molar-refractivity contribution in [2.75, 3.05) is 25.4 Å². The van der Waals surface area contributed by atoms with Crippen LogP contribution in [-0.2, 0) is 16.4 Å². The Hall–Kier alpha value is -0.910. The summed E-state index contributed by atoms with van der Waals surface area (Å²) in [5, 5.41) is 3.36. The number of aryl methyl sites for hydroxylation is 1. The average molecular weight is 294 g/mol. The summed E-state index contributed by atoms with van der Waals surface area (Å²) < 4.78 is 26.8. The van der Waals surface area contributed by atoms with E-state index in [4.69, 9.17) is 0 Å². The van der Waals surface area contributed by atoms with Gasteiger partial charge in [-0.15, -0.1) is 0 Å². The van der Waals surface area contributed by atoms with Crippen molar-refractivity contribution >= 4 is 10.0 Å². The third-order valence-electron chi connectivity index (χ3n) is 4.73. The summed E-state index contributed by atoms with van der Waals surface area (Å²) in [6.45, 7) is 4.66. The number of benzene rings is 1. The molecule has 3 rings (SSSR count). The van der Waals surface area contributed by atoms with Gasteiger partial charge in [0, 0.05) is 12.6 Å². The topological polar surface area (TPSA) is 49.4 Å². The third kappa shape index (κ3) is 2.62. The number of hydrogen-bond donors (Lipinski definition) is 1. The number of hydrogen-bond acceptors (Lipinski definition) is 3. The fourth-order valence-electron chi connectivity index (χ4n) is 3.50. The van der Waals surface area contributed by atoms with Gasteiger partial charge in [0.15, 0.2) is 0 Å². The summed E-state index contributed by atoms with van der Waals surface area (Å²) in [4.78, 5) is 0. The van der Waals surface area contributed by atoms with Crippen LogP contribution in [0.4, 0.5) is 0 Å². The molecule has 0 bridgehead atoms. The highest BCUT2D eigenvalue weighted by atomic mass is 32.2. The van der Waals surface area contributed by atoms with E-state index in [1.165, 1.54) is 0 Å². The Morgan fingerprint density at radius 1 is 1.25 bits per heavy atom. The van der Waals surface area contributed by atoms with Crippen LogP contribution in [0.1, 0.15) is 12.5 Å². The lowest BCUT2D eigenvalue weighted by Gasteiger charge is -2.23. The summed E-state index contributed by atoms with van der Waals surface area (Å²) in [6, 6.07) is 9.97. The normalized spacial score (nSPS) is 30.6. The maximum Gasteiger partial charge on any atom is 0.214 e. The fraction of sp³-hybridized carbons (Fsp3) is 0.600. The van der Waals surface area contributed by atoms with E-state index in [-0.39, 0.29) is 11.8 Å². The number of fused-ring (bicyclic) bond motifs is 1. The van der Waals surface area contributed by atoms with Gasteiger partial charge < -0.3 is 5.32 Å². The average Bonchev–Trinajstić information content (AvgIpc) is 3.02. The van der Waals surface area contributed by atoms with Gasteiger partial charge in [-0.05, 0) is 43.8 Å². The Labute approximate surface area is 121 Å². The zero-order valence-electron chi connectivity index (χ0n) is 11.8. The molecule has 0 spiro atoms. The minimum absolute atomic E-state index is 0.135. The summed E-state index contributed by atoms with van der Waals surface area (Å²) in [7, 11) is -3.14. The molecule has 110 valence electrons. The Morgan fingerprint density at radius 2 is 2.00 bits per heavy atom. The van der Waals surface area contributed by atoms with Gasteiger partial charge in [0.1, 0.15) is 0 Å². The predicted molar refractivity (Wildman–Crippen MR) is 80.0 cm³/mol. The SMILES string of the molecule is CC1C2CNCC2CN1S(=O)(=O)CCc1ccccc1. The Morgan fingerprint density at radius 3 is 2.70 bits per heavy atom. The standard InChI is InChI=1S/C15H22N2O2S/c1-12-15-10-16-9-14(15)11-17(12)20(18,19)8-7-13-5-3-2-4-6-13/h2-6,12,14-16H,7-11H2,1H3. The molecular weight excluding hydrogens is 272 g/mol. The van der Waals surface area contributed by atoms with E-state index < -0.39 is 10.0 Å². The van der Waals surface area contributed by atoms with Gasteiger partial charge in [0.25, 0.3) is 0 Å². The molecule has 20 heavy (non-hydrogen) atoms. The van der Waals surface area contributed by atoms with Crippen LogP contribution in [0.2, 0.25) is 0 Å². The molecule has 1 aromatic carbocycles. The van der Waals surface area contributed by atoms with Gasteiger partial charge >= 0.3 is 0 Å². The number of nitrogens with zero attached hydrogens (tertiary/aromatic N) is 1. The van der Waals surface area contributed by atoms with E-state index in [0.29, 0.717) is 24.8 Å². The predicted octanol–water partition coefficient (Wildman–Crippen LogP) is 1.10. The lowest BCUT2D eigenvalue weighted by molar-refractivity contribution is 0.360. The maximum atomic E-state index is 12.6. The molecule has 4 nitrogen and oxygen atoms in total. The van der Waals surface area contributed by atoms with Crippen molar-refractivity contribution in [2.45, 2.75) is 19.4 Å². The molecular formula is C15H22N2O2S. The molecule has 3 atom stereocenters. The first-order valence-corrected chi connectivity index (χ1v) is 8.93. The smallest absolute Gasteiger partial charge is 0.214 e. The van der Waals surface area contributed by atoms with E-state index in [9.17, 15) is 8.42 Å².